The third kappa shape index (κ3) is 9.24. The van der Waals surface area contributed by atoms with Crippen molar-refractivity contribution in [2.75, 3.05) is 45.3 Å². The van der Waals surface area contributed by atoms with Crippen LogP contribution in [-0.4, -0.2) is 69.1 Å². The molecule has 0 aliphatic rings. The lowest BCUT2D eigenvalue weighted by molar-refractivity contribution is -0.137. The molecule has 0 aromatic heterocycles. The summed E-state index contributed by atoms with van der Waals surface area (Å²) in [6.07, 6.45) is -0.0403. The van der Waals surface area contributed by atoms with Crippen LogP contribution in [0.4, 0.5) is 0 Å². The zero-order valence-electron chi connectivity index (χ0n) is 12.2. The van der Waals surface area contributed by atoms with Gasteiger partial charge in [0.2, 0.25) is 10.0 Å². The Morgan fingerprint density at radius 2 is 1.60 bits per heavy atom. The first-order valence-corrected chi connectivity index (χ1v) is 8.40. The quantitative estimate of drug-likeness (QED) is 0.499. The van der Waals surface area contributed by atoms with Gasteiger partial charge in [-0.2, -0.15) is 4.31 Å². The molecular formula is C12H25NO6S. The zero-order chi connectivity index (χ0) is 15.4. The molecule has 0 bridgehead atoms. The Morgan fingerprint density at radius 3 is 2.00 bits per heavy atom. The summed E-state index contributed by atoms with van der Waals surface area (Å²) >= 11 is 0. The third-order valence-corrected chi connectivity index (χ3v) is 4.52. The van der Waals surface area contributed by atoms with Gasteiger partial charge in [0.1, 0.15) is 0 Å². The van der Waals surface area contributed by atoms with Gasteiger partial charge in [-0.1, -0.05) is 0 Å². The fourth-order valence-electron chi connectivity index (χ4n) is 1.55. The average Bonchev–Trinajstić information content (AvgIpc) is 2.36. The fraction of sp³-hybridized carbons (Fsp3) is 0.917. The van der Waals surface area contributed by atoms with E-state index in [0.717, 1.165) is 0 Å². The van der Waals surface area contributed by atoms with E-state index in [9.17, 15) is 13.2 Å². The molecule has 0 heterocycles. The van der Waals surface area contributed by atoms with Crippen molar-refractivity contribution in [3.05, 3.63) is 0 Å². The second-order valence-corrected chi connectivity index (χ2v) is 6.19. The first-order valence-electron chi connectivity index (χ1n) is 6.79. The Bertz CT molecular complexity index is 347. The number of hydrogen-bond donors (Lipinski definition) is 1. The largest absolute Gasteiger partial charge is 0.481 e. The van der Waals surface area contributed by atoms with Gasteiger partial charge in [0.15, 0.2) is 0 Å². The minimum atomic E-state index is -3.47. The van der Waals surface area contributed by atoms with Crippen LogP contribution in [0.3, 0.4) is 0 Å². The van der Waals surface area contributed by atoms with Crippen molar-refractivity contribution in [3.63, 3.8) is 0 Å². The van der Waals surface area contributed by atoms with Crippen molar-refractivity contribution in [3.8, 4) is 0 Å². The van der Waals surface area contributed by atoms with Crippen LogP contribution in [0.1, 0.15) is 26.7 Å². The van der Waals surface area contributed by atoms with Crippen LogP contribution in [0.5, 0.6) is 0 Å². The zero-order valence-corrected chi connectivity index (χ0v) is 13.0. The minimum Gasteiger partial charge on any atom is -0.481 e. The number of carboxylic acids is 1. The molecule has 0 saturated carbocycles. The van der Waals surface area contributed by atoms with Crippen LogP contribution in [-0.2, 0) is 24.3 Å². The predicted molar refractivity (Wildman–Crippen MR) is 75.2 cm³/mol. The molecule has 20 heavy (non-hydrogen) atoms. The van der Waals surface area contributed by atoms with E-state index in [-0.39, 0.29) is 31.7 Å². The highest BCUT2D eigenvalue weighted by atomic mass is 32.2. The van der Waals surface area contributed by atoms with Gasteiger partial charge >= 0.3 is 5.97 Å². The van der Waals surface area contributed by atoms with Crippen LogP contribution in [0.25, 0.3) is 0 Å². The monoisotopic (exact) mass is 311 g/mol. The minimum absolute atomic E-state index is 0.109. The summed E-state index contributed by atoms with van der Waals surface area (Å²) in [7, 11) is -3.47. The summed E-state index contributed by atoms with van der Waals surface area (Å²) in [6, 6.07) is 0. The maximum Gasteiger partial charge on any atom is 0.303 e. The van der Waals surface area contributed by atoms with Crippen LogP contribution in [0.2, 0.25) is 0 Å². The number of sulfonamides is 1. The molecule has 1 N–H and O–H groups in total. The smallest absolute Gasteiger partial charge is 0.303 e. The molecule has 7 nitrogen and oxygen atoms in total. The van der Waals surface area contributed by atoms with Gasteiger partial charge < -0.3 is 14.6 Å². The molecule has 0 rings (SSSR count). The molecule has 0 saturated heterocycles. The van der Waals surface area contributed by atoms with E-state index >= 15 is 0 Å². The normalized spacial score (nSPS) is 11.9. The second kappa shape index (κ2) is 11.0. The summed E-state index contributed by atoms with van der Waals surface area (Å²) < 4.78 is 35.9. The van der Waals surface area contributed by atoms with Gasteiger partial charge in [-0.15, -0.1) is 0 Å². The van der Waals surface area contributed by atoms with Crippen LogP contribution in [0.15, 0.2) is 0 Å². The van der Waals surface area contributed by atoms with E-state index in [1.165, 1.54) is 4.31 Å². The highest BCUT2D eigenvalue weighted by molar-refractivity contribution is 7.89. The Kier molecular flexibility index (Phi) is 10.6. The van der Waals surface area contributed by atoms with Gasteiger partial charge in [-0.25, -0.2) is 8.42 Å². The Balaban J connectivity index is 4.40. The summed E-state index contributed by atoms with van der Waals surface area (Å²) in [5.74, 6) is -1.16. The molecule has 0 fully saturated rings. The van der Waals surface area contributed by atoms with Crippen molar-refractivity contribution in [1.82, 2.24) is 4.31 Å². The lowest BCUT2D eigenvalue weighted by Gasteiger charge is -2.21. The molecule has 0 unspecified atom stereocenters. The maximum absolute atomic E-state index is 12.1. The first kappa shape index (κ1) is 19.3. The highest BCUT2D eigenvalue weighted by Gasteiger charge is 2.21. The predicted octanol–water partition coefficient (Wildman–Crippen LogP) is 0.556. The van der Waals surface area contributed by atoms with E-state index in [1.54, 1.807) is 0 Å². The topological polar surface area (TPSA) is 93.1 Å². The first-order chi connectivity index (χ1) is 9.44. The van der Waals surface area contributed by atoms with Crippen LogP contribution in [0, 0.1) is 0 Å². The summed E-state index contributed by atoms with van der Waals surface area (Å²) in [6.45, 7) is 5.89. The van der Waals surface area contributed by atoms with Gasteiger partial charge in [0, 0.05) is 32.7 Å². The summed E-state index contributed by atoms with van der Waals surface area (Å²) in [5, 5.41) is 8.55. The van der Waals surface area contributed by atoms with Crippen LogP contribution < -0.4 is 0 Å². The molecule has 0 radical (unpaired) electrons. The van der Waals surface area contributed by atoms with Gasteiger partial charge in [-0.05, 0) is 20.3 Å². The Morgan fingerprint density at radius 1 is 1.10 bits per heavy atom. The molecule has 0 aromatic carbocycles. The van der Waals surface area contributed by atoms with E-state index in [1.807, 2.05) is 13.8 Å². The molecular weight excluding hydrogens is 286 g/mol. The molecule has 0 aliphatic heterocycles. The number of carboxylic acid groups (broad SMARTS) is 1. The molecule has 0 aromatic rings. The summed E-state index contributed by atoms with van der Waals surface area (Å²) in [5.41, 5.74) is 0. The number of ether oxygens (including phenoxy) is 2. The van der Waals surface area contributed by atoms with Crippen LogP contribution >= 0.6 is 0 Å². The molecule has 0 aliphatic carbocycles. The van der Waals surface area contributed by atoms with Gasteiger partial charge in [0.05, 0.1) is 19.0 Å². The van der Waals surface area contributed by atoms with E-state index in [4.69, 9.17) is 14.6 Å². The maximum atomic E-state index is 12.1. The number of hydrogen-bond acceptors (Lipinski definition) is 5. The standard InChI is InChI=1S/C12H25NO6S/c1-3-18-9-7-13(8-10-19-4-2)20(16,17)11-5-6-12(14)15/h3-11H2,1-2H3,(H,14,15). The molecule has 0 spiro atoms. The van der Waals surface area contributed by atoms with E-state index < -0.39 is 16.0 Å². The Labute approximate surface area is 120 Å². The highest BCUT2D eigenvalue weighted by Crippen LogP contribution is 2.05. The molecule has 120 valence electrons. The van der Waals surface area contributed by atoms with Crippen molar-refractivity contribution in [1.29, 1.82) is 0 Å². The molecule has 0 atom stereocenters. The number of rotatable bonds is 13. The molecule has 0 amide bonds. The SMILES string of the molecule is CCOCCN(CCOCC)S(=O)(=O)CCCC(=O)O. The second-order valence-electron chi connectivity index (χ2n) is 4.11. The lowest BCUT2D eigenvalue weighted by atomic mass is 10.3. The van der Waals surface area contributed by atoms with E-state index in [2.05, 4.69) is 0 Å². The third-order valence-electron chi connectivity index (χ3n) is 2.56. The summed E-state index contributed by atoms with van der Waals surface area (Å²) in [4.78, 5) is 10.4. The van der Waals surface area contributed by atoms with Gasteiger partial charge in [0.25, 0.3) is 0 Å². The van der Waals surface area contributed by atoms with Gasteiger partial charge in [-0.3, -0.25) is 4.79 Å². The Hall–Kier alpha value is -0.700. The molecule has 8 heteroatoms. The van der Waals surface area contributed by atoms with Crippen molar-refractivity contribution < 1.29 is 27.8 Å². The average molecular weight is 311 g/mol. The number of carbonyl (C=O) groups is 1. The lowest BCUT2D eigenvalue weighted by Crippen LogP contribution is -2.38. The fourth-order valence-corrected chi connectivity index (χ4v) is 3.02. The number of nitrogens with zero attached hydrogens (tertiary/aromatic N) is 1. The van der Waals surface area contributed by atoms with Crippen molar-refractivity contribution >= 4 is 16.0 Å². The van der Waals surface area contributed by atoms with Crippen molar-refractivity contribution in [2.45, 2.75) is 26.7 Å². The van der Waals surface area contributed by atoms with E-state index in [0.29, 0.717) is 26.4 Å². The number of aliphatic carboxylic acids is 1. The van der Waals surface area contributed by atoms with Crippen molar-refractivity contribution in [2.24, 2.45) is 0 Å².